The maximum Gasteiger partial charge on any atom is 0.143 e. The summed E-state index contributed by atoms with van der Waals surface area (Å²) in [4.78, 5) is 4.86. The molecule has 0 radical (unpaired) electrons. The molecule has 0 spiro atoms. The Morgan fingerprint density at radius 2 is 0.566 bits per heavy atom. The van der Waals surface area contributed by atoms with Crippen molar-refractivity contribution >= 4 is 143 Å². The summed E-state index contributed by atoms with van der Waals surface area (Å²) in [6, 6.07) is 164. The highest BCUT2D eigenvalue weighted by Crippen LogP contribution is 2.51. The van der Waals surface area contributed by atoms with E-state index in [1.54, 1.807) is 0 Å². The largest absolute Gasteiger partial charge is 0.455 e. The molecule has 0 saturated heterocycles. The van der Waals surface area contributed by atoms with Crippen LogP contribution in [0.15, 0.2) is 458 Å². The van der Waals surface area contributed by atoms with Crippen LogP contribution in [0.4, 0.5) is 34.1 Å². The number of benzene rings is 20. The summed E-state index contributed by atoms with van der Waals surface area (Å²) in [5, 5.41) is 13.7. The Kier molecular flexibility index (Phi) is 16.5. The predicted molar refractivity (Wildman–Crippen MR) is 512 cm³/mol. The standard InChI is InChI=1S/C116H74N4O2/c1-4-25-75(26-5-1)76-51-63-90(64-52-76)119(105-46-18-15-40-97(105)98-44-24-50-111-114(98)101-68-58-79-28-11-13-39-96(79)116(101)122-111)104-45-17-14-37-92(104)85-60-70-108-103(74-85)102-73-83(59-69-107(102)118(108)86-32-6-2-7-33-86)82-30-20-29-81(71-82)77-53-61-88(62-54-77)117(91-36-21-31-84(72-91)94-43-23-49-110-113(94)100-67-57-78-27-10-12-38-95(78)115(100)121-110)89-65-55-80(56-66-89)93-42-22-48-109-112(93)99-41-16-19-47-106(99)120(109)87-34-8-3-9-35-87/h1-74H. The Balaban J connectivity index is 0.612. The van der Waals surface area contributed by atoms with Gasteiger partial charge in [-0.2, -0.15) is 0 Å². The maximum atomic E-state index is 6.86. The van der Waals surface area contributed by atoms with Crippen LogP contribution in [-0.2, 0) is 0 Å². The van der Waals surface area contributed by atoms with Gasteiger partial charge in [0, 0.05) is 99.1 Å². The summed E-state index contributed by atoms with van der Waals surface area (Å²) >= 11 is 0. The lowest BCUT2D eigenvalue weighted by molar-refractivity contribution is 0.672. The van der Waals surface area contributed by atoms with Crippen molar-refractivity contribution in [2.24, 2.45) is 0 Å². The van der Waals surface area contributed by atoms with Gasteiger partial charge in [-0.05, 0) is 229 Å². The maximum absolute atomic E-state index is 6.86. The summed E-state index contributed by atoms with van der Waals surface area (Å²) in [5.41, 5.74) is 32.3. The Morgan fingerprint density at radius 3 is 1.20 bits per heavy atom. The predicted octanol–water partition coefficient (Wildman–Crippen LogP) is 32.6. The molecule has 24 rings (SSSR count). The van der Waals surface area contributed by atoms with E-state index in [0.29, 0.717) is 0 Å². The summed E-state index contributed by atoms with van der Waals surface area (Å²) in [6.07, 6.45) is 0. The minimum Gasteiger partial charge on any atom is -0.455 e. The van der Waals surface area contributed by atoms with Crippen LogP contribution < -0.4 is 9.80 Å². The molecular weight excluding hydrogens is 1480 g/mol. The van der Waals surface area contributed by atoms with Crippen LogP contribution in [0.5, 0.6) is 0 Å². The molecule has 0 aliphatic heterocycles. The lowest BCUT2D eigenvalue weighted by atomic mass is 9.95. The van der Waals surface area contributed by atoms with Gasteiger partial charge >= 0.3 is 0 Å². The van der Waals surface area contributed by atoms with Crippen molar-refractivity contribution in [3.8, 4) is 89.3 Å². The highest BCUT2D eigenvalue weighted by Gasteiger charge is 2.27. The van der Waals surface area contributed by atoms with E-state index in [0.717, 1.165) is 199 Å². The highest BCUT2D eigenvalue weighted by molar-refractivity contribution is 6.22. The van der Waals surface area contributed by atoms with Gasteiger partial charge in [0.25, 0.3) is 0 Å². The Labute approximate surface area is 704 Å². The van der Waals surface area contributed by atoms with E-state index in [2.05, 4.69) is 468 Å². The van der Waals surface area contributed by atoms with Crippen LogP contribution in [0.2, 0.25) is 0 Å². The lowest BCUT2D eigenvalue weighted by Crippen LogP contribution is -2.12. The van der Waals surface area contributed by atoms with Crippen molar-refractivity contribution < 1.29 is 8.83 Å². The van der Waals surface area contributed by atoms with E-state index in [9.17, 15) is 0 Å². The molecule has 122 heavy (non-hydrogen) atoms. The second-order valence-electron chi connectivity index (χ2n) is 31.8. The number of nitrogens with zero attached hydrogens (tertiary/aromatic N) is 4. The molecule has 0 bridgehead atoms. The number of aromatic nitrogens is 2. The van der Waals surface area contributed by atoms with Crippen molar-refractivity contribution in [2.45, 2.75) is 0 Å². The van der Waals surface area contributed by atoms with Gasteiger partial charge in [-0.3, -0.25) is 0 Å². The molecule has 6 nitrogen and oxygen atoms in total. The molecule has 4 heterocycles. The molecule has 6 heteroatoms. The molecule has 0 unspecified atom stereocenters. The first-order valence-corrected chi connectivity index (χ1v) is 41.8. The smallest absolute Gasteiger partial charge is 0.143 e. The zero-order valence-electron chi connectivity index (χ0n) is 66.3. The molecule has 4 aromatic heterocycles. The normalized spacial score (nSPS) is 11.8. The van der Waals surface area contributed by atoms with E-state index in [-0.39, 0.29) is 0 Å². The Bertz CT molecular complexity index is 8240. The lowest BCUT2D eigenvalue weighted by Gasteiger charge is -2.30. The Hall–Kier alpha value is -16.3. The number of rotatable bonds is 15. The molecule has 570 valence electrons. The van der Waals surface area contributed by atoms with Crippen molar-refractivity contribution in [1.82, 2.24) is 9.13 Å². The average Bonchev–Trinajstić information content (AvgIpc) is 0.832. The number of hydrogen-bond donors (Lipinski definition) is 0. The van der Waals surface area contributed by atoms with Crippen LogP contribution >= 0.6 is 0 Å². The zero-order valence-corrected chi connectivity index (χ0v) is 66.3. The van der Waals surface area contributed by atoms with E-state index in [1.807, 2.05) is 0 Å². The van der Waals surface area contributed by atoms with Gasteiger partial charge in [0.05, 0.1) is 33.4 Å². The molecule has 0 amide bonds. The number of fused-ring (bicyclic) bond motifs is 16. The summed E-state index contributed by atoms with van der Waals surface area (Å²) in [7, 11) is 0. The van der Waals surface area contributed by atoms with E-state index in [4.69, 9.17) is 8.83 Å². The number of anilines is 6. The number of para-hydroxylation sites is 5. The van der Waals surface area contributed by atoms with Crippen molar-refractivity contribution in [1.29, 1.82) is 0 Å². The molecular formula is C116H74N4O2. The first-order chi connectivity index (χ1) is 60.5. The minimum absolute atomic E-state index is 0.854. The van der Waals surface area contributed by atoms with Crippen molar-refractivity contribution in [3.63, 3.8) is 0 Å². The van der Waals surface area contributed by atoms with Gasteiger partial charge in [-0.15, -0.1) is 0 Å². The molecule has 0 atom stereocenters. The van der Waals surface area contributed by atoms with Gasteiger partial charge in [-0.1, -0.05) is 297 Å². The second-order valence-corrected chi connectivity index (χ2v) is 31.8. The van der Waals surface area contributed by atoms with E-state index >= 15 is 0 Å². The molecule has 0 aliphatic rings. The van der Waals surface area contributed by atoms with Crippen molar-refractivity contribution in [2.75, 3.05) is 9.80 Å². The third-order valence-electron chi connectivity index (χ3n) is 24.9. The fraction of sp³-hybridized carbons (Fsp3) is 0. The van der Waals surface area contributed by atoms with Gasteiger partial charge in [-0.25, -0.2) is 0 Å². The Morgan fingerprint density at radius 1 is 0.180 bits per heavy atom. The summed E-state index contributed by atoms with van der Waals surface area (Å²) in [5.74, 6) is 0. The molecule has 0 aliphatic carbocycles. The molecule has 0 saturated carbocycles. The average molecular weight is 1560 g/mol. The van der Waals surface area contributed by atoms with Gasteiger partial charge < -0.3 is 27.8 Å². The van der Waals surface area contributed by atoms with Crippen LogP contribution in [0.25, 0.3) is 198 Å². The number of hydrogen-bond acceptors (Lipinski definition) is 4. The van der Waals surface area contributed by atoms with Gasteiger partial charge in [0.2, 0.25) is 0 Å². The fourth-order valence-electron chi connectivity index (χ4n) is 19.3. The van der Waals surface area contributed by atoms with E-state index < -0.39 is 0 Å². The SMILES string of the molecule is c1ccc(-c2ccc(N(c3ccccc3-c3ccc4c(c3)c3cc(-c5cccc(-c6ccc(N(c7ccc(-c8cccc9c8c8ccccc8n9-c8ccccc8)cc7)c7cccc(-c8cccc9oc%10c%11ccccc%11ccc%10c89)c7)cc6)c5)ccc3n4-c3ccccc3)c3ccccc3-c3cccc4oc5c6ccccc6ccc5c34)cc2)cc1. The van der Waals surface area contributed by atoms with Crippen LogP contribution in [0.3, 0.4) is 0 Å². The van der Waals surface area contributed by atoms with Gasteiger partial charge in [0.1, 0.15) is 22.3 Å². The minimum atomic E-state index is 0.854. The van der Waals surface area contributed by atoms with Crippen molar-refractivity contribution in [3.05, 3.63) is 449 Å². The van der Waals surface area contributed by atoms with Gasteiger partial charge in [0.15, 0.2) is 0 Å². The monoisotopic (exact) mass is 1550 g/mol. The molecule has 0 fully saturated rings. The summed E-state index contributed by atoms with van der Waals surface area (Å²) in [6.45, 7) is 0. The third kappa shape index (κ3) is 11.6. The van der Waals surface area contributed by atoms with Crippen LogP contribution in [-0.4, -0.2) is 9.13 Å². The van der Waals surface area contributed by atoms with Crippen LogP contribution in [0.1, 0.15) is 0 Å². The third-order valence-corrected chi connectivity index (χ3v) is 24.9. The first-order valence-electron chi connectivity index (χ1n) is 41.8. The topological polar surface area (TPSA) is 42.6 Å². The fourth-order valence-corrected chi connectivity index (χ4v) is 19.3. The quantitative estimate of drug-likeness (QED) is 0.103. The second kappa shape index (κ2) is 28.8. The number of furan rings is 2. The van der Waals surface area contributed by atoms with Crippen LogP contribution in [0, 0.1) is 0 Å². The highest BCUT2D eigenvalue weighted by atomic mass is 16.3. The first kappa shape index (κ1) is 70.0. The summed E-state index contributed by atoms with van der Waals surface area (Å²) < 4.78 is 18.4. The zero-order chi connectivity index (χ0) is 80.3. The molecule has 20 aromatic carbocycles. The van der Waals surface area contributed by atoms with E-state index in [1.165, 1.54) is 32.9 Å². The molecule has 24 aromatic rings. The molecule has 0 N–H and O–H groups in total.